The average Bonchev–Trinajstić information content (AvgIpc) is 2.24. The van der Waals surface area contributed by atoms with Gasteiger partial charge in [0.15, 0.2) is 0 Å². The average molecular weight is 303 g/mol. The molecule has 9 heteroatoms. The summed E-state index contributed by atoms with van der Waals surface area (Å²) < 4.78 is 64.1. The number of carbonyl (C=O) groups excluding carboxylic acids is 1. The minimum Gasteiger partial charge on any atom is -0.465 e. The lowest BCUT2D eigenvalue weighted by Gasteiger charge is -2.12. The van der Waals surface area contributed by atoms with E-state index in [9.17, 15) is 26.4 Å². The van der Waals surface area contributed by atoms with Crippen LogP contribution in [0.5, 0.6) is 0 Å². The molecule has 0 heterocycles. The highest BCUT2D eigenvalue weighted by Gasteiger charge is 2.36. The fourth-order valence-electron chi connectivity index (χ4n) is 1.20. The molecular weight excluding hydrogens is 297 g/mol. The van der Waals surface area contributed by atoms with Gasteiger partial charge in [-0.1, -0.05) is 0 Å². The van der Waals surface area contributed by atoms with E-state index in [4.69, 9.17) is 10.7 Å². The van der Waals surface area contributed by atoms with Gasteiger partial charge in [0.1, 0.15) is 0 Å². The Kier molecular flexibility index (Phi) is 3.92. The van der Waals surface area contributed by atoms with E-state index in [1.54, 1.807) is 0 Å². The fraction of sp³-hybridized carbons (Fsp3) is 0.222. The van der Waals surface area contributed by atoms with E-state index >= 15 is 0 Å². The van der Waals surface area contributed by atoms with Crippen molar-refractivity contribution in [1.29, 1.82) is 0 Å². The van der Waals surface area contributed by atoms with Crippen LogP contribution in [0.1, 0.15) is 15.9 Å². The number of hydrogen-bond donors (Lipinski definition) is 0. The van der Waals surface area contributed by atoms with Gasteiger partial charge in [-0.25, -0.2) is 13.2 Å². The Bertz CT molecular complexity index is 580. The summed E-state index contributed by atoms with van der Waals surface area (Å²) in [6.07, 6.45) is -4.90. The maximum absolute atomic E-state index is 12.7. The fourth-order valence-corrected chi connectivity index (χ4v) is 1.97. The molecule has 0 spiro atoms. The van der Waals surface area contributed by atoms with E-state index < -0.39 is 37.2 Å². The molecule has 100 valence electrons. The van der Waals surface area contributed by atoms with Gasteiger partial charge in [-0.3, -0.25) is 0 Å². The lowest BCUT2D eigenvalue weighted by Crippen LogP contribution is -2.15. The molecule has 0 fully saturated rings. The molecule has 1 aromatic rings. The number of hydrogen-bond acceptors (Lipinski definition) is 4. The number of halogens is 4. The van der Waals surface area contributed by atoms with Gasteiger partial charge in [-0.2, -0.15) is 13.2 Å². The van der Waals surface area contributed by atoms with E-state index in [1.165, 1.54) is 0 Å². The first-order valence-corrected chi connectivity index (χ1v) is 6.62. The lowest BCUT2D eigenvalue weighted by molar-refractivity contribution is -0.138. The number of carbonyl (C=O) groups is 1. The van der Waals surface area contributed by atoms with Crippen LogP contribution in [0.15, 0.2) is 23.1 Å². The highest BCUT2D eigenvalue weighted by atomic mass is 35.7. The van der Waals surface area contributed by atoms with Crippen molar-refractivity contribution in [2.24, 2.45) is 0 Å². The quantitative estimate of drug-likeness (QED) is 0.622. The van der Waals surface area contributed by atoms with E-state index in [1.807, 2.05) is 0 Å². The van der Waals surface area contributed by atoms with E-state index in [2.05, 4.69) is 4.74 Å². The molecule has 1 rings (SSSR count). The summed E-state index contributed by atoms with van der Waals surface area (Å²) in [5, 5.41) is 0. The summed E-state index contributed by atoms with van der Waals surface area (Å²) in [7, 11) is 1.53. The van der Waals surface area contributed by atoms with Gasteiger partial charge in [-0.05, 0) is 18.2 Å². The smallest absolute Gasteiger partial charge is 0.417 e. The molecule has 0 atom stereocenters. The highest BCUT2D eigenvalue weighted by Crippen LogP contribution is 2.34. The zero-order chi connectivity index (χ0) is 14.1. The van der Waals surface area contributed by atoms with Crippen LogP contribution >= 0.6 is 10.7 Å². The van der Waals surface area contributed by atoms with E-state index in [-0.39, 0.29) is 6.07 Å². The zero-order valence-electron chi connectivity index (χ0n) is 8.79. The van der Waals surface area contributed by atoms with Crippen molar-refractivity contribution in [1.82, 2.24) is 0 Å². The van der Waals surface area contributed by atoms with Crippen molar-refractivity contribution >= 4 is 25.7 Å². The van der Waals surface area contributed by atoms with Gasteiger partial charge in [-0.15, -0.1) is 0 Å². The van der Waals surface area contributed by atoms with Gasteiger partial charge in [0.2, 0.25) is 0 Å². The Morgan fingerprint density at radius 2 is 1.89 bits per heavy atom. The number of benzene rings is 1. The van der Waals surface area contributed by atoms with Gasteiger partial charge >= 0.3 is 12.1 Å². The molecule has 18 heavy (non-hydrogen) atoms. The maximum Gasteiger partial charge on any atom is 0.417 e. The van der Waals surface area contributed by atoms with Crippen LogP contribution in [0.3, 0.4) is 0 Å². The predicted octanol–water partition coefficient (Wildman–Crippen LogP) is 2.42. The second-order valence-corrected chi connectivity index (χ2v) is 5.70. The molecule has 0 saturated carbocycles. The second kappa shape index (κ2) is 4.77. The third-order valence-corrected chi connectivity index (χ3v) is 3.33. The first-order valence-electron chi connectivity index (χ1n) is 4.31. The number of alkyl halides is 3. The van der Waals surface area contributed by atoms with Crippen LogP contribution < -0.4 is 0 Å². The Morgan fingerprint density at radius 1 is 1.33 bits per heavy atom. The number of methoxy groups -OCH3 is 1. The van der Waals surface area contributed by atoms with Crippen LogP contribution in [-0.4, -0.2) is 21.5 Å². The summed E-state index contributed by atoms with van der Waals surface area (Å²) in [5.41, 5.74) is -2.20. The van der Waals surface area contributed by atoms with Crippen molar-refractivity contribution in [2.45, 2.75) is 11.1 Å². The van der Waals surface area contributed by atoms with E-state index in [0.29, 0.717) is 6.07 Å². The molecule has 0 saturated heterocycles. The molecule has 0 aromatic heterocycles. The zero-order valence-corrected chi connectivity index (χ0v) is 10.4. The number of esters is 1. The van der Waals surface area contributed by atoms with Gasteiger partial charge in [0.25, 0.3) is 9.05 Å². The standard InChI is InChI=1S/C9H6ClF3O4S/c1-17-8(14)6-3-2-5(18(10,15)16)4-7(6)9(11,12)13/h2-4H,1H3. The van der Waals surface area contributed by atoms with Crippen LogP contribution in [0, 0.1) is 0 Å². The van der Waals surface area contributed by atoms with Crippen molar-refractivity contribution in [3.8, 4) is 0 Å². The largest absolute Gasteiger partial charge is 0.465 e. The van der Waals surface area contributed by atoms with Crippen molar-refractivity contribution in [3.63, 3.8) is 0 Å². The molecule has 0 N–H and O–H groups in total. The second-order valence-electron chi connectivity index (χ2n) is 3.13. The van der Waals surface area contributed by atoms with Crippen molar-refractivity contribution in [3.05, 3.63) is 29.3 Å². The predicted molar refractivity (Wildman–Crippen MR) is 55.8 cm³/mol. The summed E-state index contributed by atoms with van der Waals surface area (Å²) >= 11 is 0. The minimum atomic E-state index is -4.90. The lowest BCUT2D eigenvalue weighted by atomic mass is 10.1. The molecule has 0 bridgehead atoms. The molecule has 4 nitrogen and oxygen atoms in total. The normalized spacial score (nSPS) is 12.3. The summed E-state index contributed by atoms with van der Waals surface area (Å²) in [4.78, 5) is 10.4. The number of rotatable bonds is 2. The third kappa shape index (κ3) is 3.14. The number of ether oxygens (including phenoxy) is 1. The first-order chi connectivity index (χ1) is 8.07. The molecule has 0 aliphatic rings. The Morgan fingerprint density at radius 3 is 2.28 bits per heavy atom. The monoisotopic (exact) mass is 302 g/mol. The van der Waals surface area contributed by atoms with E-state index in [0.717, 1.165) is 13.2 Å². The summed E-state index contributed by atoms with van der Waals surface area (Å²) in [5.74, 6) is -1.22. The third-order valence-electron chi connectivity index (χ3n) is 1.98. The molecule has 0 radical (unpaired) electrons. The molecule has 0 aliphatic carbocycles. The van der Waals surface area contributed by atoms with Crippen LogP contribution in [-0.2, 0) is 20.0 Å². The van der Waals surface area contributed by atoms with Crippen molar-refractivity contribution in [2.75, 3.05) is 7.11 Å². The highest BCUT2D eigenvalue weighted by molar-refractivity contribution is 8.13. The summed E-state index contributed by atoms with van der Waals surface area (Å²) in [6, 6.07) is 1.78. The van der Waals surface area contributed by atoms with Gasteiger partial charge < -0.3 is 4.74 Å². The molecule has 1 aromatic carbocycles. The Labute approximate surface area is 105 Å². The Hall–Kier alpha value is -1.28. The molecule has 0 unspecified atom stereocenters. The Balaban J connectivity index is 3.54. The SMILES string of the molecule is COC(=O)c1ccc(S(=O)(=O)Cl)cc1C(F)(F)F. The van der Waals surface area contributed by atoms with Crippen molar-refractivity contribution < 1.29 is 31.1 Å². The molecular formula is C9H6ClF3O4S. The first kappa shape index (κ1) is 14.8. The maximum atomic E-state index is 12.7. The van der Waals surface area contributed by atoms with Crippen LogP contribution in [0.2, 0.25) is 0 Å². The van der Waals surface area contributed by atoms with Crippen LogP contribution in [0.25, 0.3) is 0 Å². The summed E-state index contributed by atoms with van der Waals surface area (Å²) in [6.45, 7) is 0. The topological polar surface area (TPSA) is 60.4 Å². The van der Waals surface area contributed by atoms with Gasteiger partial charge in [0.05, 0.1) is 23.1 Å². The molecule has 0 amide bonds. The minimum absolute atomic E-state index is 0.286. The van der Waals surface area contributed by atoms with Gasteiger partial charge in [0, 0.05) is 10.7 Å². The molecule has 0 aliphatic heterocycles. The van der Waals surface area contributed by atoms with Crippen LogP contribution in [0.4, 0.5) is 13.2 Å².